The molecular formula is C28H28ClNO4. The van der Waals surface area contributed by atoms with Crippen LogP contribution < -0.4 is 14.4 Å². The third kappa shape index (κ3) is 4.62. The number of hydrogen-bond acceptors (Lipinski definition) is 4. The molecule has 1 heterocycles. The number of rotatable bonds is 6. The summed E-state index contributed by atoms with van der Waals surface area (Å²) in [5.74, 6) is 1.40. The first-order valence-electron chi connectivity index (χ1n) is 11.2. The summed E-state index contributed by atoms with van der Waals surface area (Å²) < 4.78 is 11.6. The average molecular weight is 478 g/mol. The number of allylic oxidation sites excluding steroid dienone is 1. The number of hydrogen-bond donors (Lipinski definition) is 1. The zero-order valence-corrected chi connectivity index (χ0v) is 20.5. The number of halogens is 1. The predicted octanol–water partition coefficient (Wildman–Crippen LogP) is 6.73. The van der Waals surface area contributed by atoms with Crippen LogP contribution in [0.25, 0.3) is 5.76 Å². The maximum absolute atomic E-state index is 13.5. The number of benzene rings is 3. The predicted molar refractivity (Wildman–Crippen MR) is 136 cm³/mol. The van der Waals surface area contributed by atoms with E-state index in [1.165, 1.54) is 0 Å². The minimum absolute atomic E-state index is 0.0324. The Morgan fingerprint density at radius 2 is 1.76 bits per heavy atom. The van der Waals surface area contributed by atoms with Gasteiger partial charge in [0.1, 0.15) is 5.76 Å². The van der Waals surface area contributed by atoms with Gasteiger partial charge in [-0.15, -0.1) is 0 Å². The fourth-order valence-corrected chi connectivity index (χ4v) is 4.41. The molecule has 0 fully saturated rings. The lowest BCUT2D eigenvalue weighted by Gasteiger charge is -2.38. The third-order valence-corrected chi connectivity index (χ3v) is 6.10. The summed E-state index contributed by atoms with van der Waals surface area (Å²) in [7, 11) is 1.60. The summed E-state index contributed by atoms with van der Waals surface area (Å²) in [5, 5.41) is 10.7. The van der Waals surface area contributed by atoms with Gasteiger partial charge in [0.25, 0.3) is 0 Å². The first-order valence-corrected chi connectivity index (χ1v) is 11.6. The van der Waals surface area contributed by atoms with Crippen molar-refractivity contribution in [2.45, 2.75) is 39.3 Å². The second-order valence-electron chi connectivity index (χ2n) is 8.48. The van der Waals surface area contributed by atoms with E-state index in [4.69, 9.17) is 21.1 Å². The zero-order chi connectivity index (χ0) is 24.4. The lowest BCUT2D eigenvalue weighted by Crippen LogP contribution is -2.41. The molecule has 1 aliphatic heterocycles. The Bertz CT molecular complexity index is 1220. The highest BCUT2D eigenvalue weighted by Crippen LogP contribution is 2.43. The van der Waals surface area contributed by atoms with Crippen molar-refractivity contribution >= 4 is 29.0 Å². The van der Waals surface area contributed by atoms with Crippen molar-refractivity contribution in [1.82, 2.24) is 0 Å². The quantitative estimate of drug-likeness (QED) is 0.400. The van der Waals surface area contributed by atoms with Gasteiger partial charge < -0.3 is 19.5 Å². The van der Waals surface area contributed by atoms with Gasteiger partial charge in [-0.05, 0) is 92.1 Å². The Balaban J connectivity index is 1.89. The summed E-state index contributed by atoms with van der Waals surface area (Å²) in [6, 6.07) is 18.4. The van der Waals surface area contributed by atoms with E-state index in [0.29, 0.717) is 22.1 Å². The minimum Gasteiger partial charge on any atom is -0.508 e. The zero-order valence-electron chi connectivity index (χ0n) is 19.7. The lowest BCUT2D eigenvalue weighted by atomic mass is 9.86. The summed E-state index contributed by atoms with van der Waals surface area (Å²) in [6.07, 6.45) is 1.84. The number of amides is 1. The number of aliphatic hydroxyl groups excluding tert-OH is 1. The van der Waals surface area contributed by atoms with Crippen molar-refractivity contribution in [3.05, 3.63) is 94.0 Å². The monoisotopic (exact) mass is 477 g/mol. The second kappa shape index (κ2) is 9.82. The van der Waals surface area contributed by atoms with Gasteiger partial charge >= 0.3 is 0 Å². The summed E-state index contributed by atoms with van der Waals surface area (Å²) >= 11 is 6.17. The fourth-order valence-electron chi connectivity index (χ4n) is 4.29. The van der Waals surface area contributed by atoms with Crippen molar-refractivity contribution in [2.24, 2.45) is 0 Å². The van der Waals surface area contributed by atoms with Crippen LogP contribution >= 0.6 is 11.6 Å². The maximum atomic E-state index is 13.5. The van der Waals surface area contributed by atoms with Crippen molar-refractivity contribution in [2.75, 3.05) is 12.0 Å². The van der Waals surface area contributed by atoms with E-state index in [-0.39, 0.29) is 30.2 Å². The second-order valence-corrected chi connectivity index (χ2v) is 8.92. The van der Waals surface area contributed by atoms with Crippen molar-refractivity contribution in [3.63, 3.8) is 0 Å². The van der Waals surface area contributed by atoms with Crippen molar-refractivity contribution < 1.29 is 19.4 Å². The van der Waals surface area contributed by atoms with E-state index < -0.39 is 0 Å². The molecule has 0 aromatic heterocycles. The molecule has 0 unspecified atom stereocenters. The van der Waals surface area contributed by atoms with Gasteiger partial charge in [-0.25, -0.2) is 0 Å². The largest absolute Gasteiger partial charge is 0.508 e. The Morgan fingerprint density at radius 3 is 2.35 bits per heavy atom. The highest BCUT2D eigenvalue weighted by atomic mass is 35.5. The van der Waals surface area contributed by atoms with Crippen LogP contribution in [0.1, 0.15) is 49.1 Å². The molecular weight excluding hydrogens is 450 g/mol. The van der Waals surface area contributed by atoms with Crippen LogP contribution in [-0.2, 0) is 11.2 Å². The minimum atomic E-state index is -0.380. The lowest BCUT2D eigenvalue weighted by molar-refractivity contribution is -0.118. The van der Waals surface area contributed by atoms with E-state index in [9.17, 15) is 9.90 Å². The van der Waals surface area contributed by atoms with Crippen LogP contribution in [0.15, 0.2) is 66.7 Å². The first kappa shape index (κ1) is 23.7. The van der Waals surface area contributed by atoms with Gasteiger partial charge in [0.05, 0.1) is 25.7 Å². The molecule has 3 aromatic carbocycles. The maximum Gasteiger partial charge on any atom is 0.232 e. The van der Waals surface area contributed by atoms with Gasteiger partial charge in [-0.1, -0.05) is 23.7 Å². The molecule has 0 bridgehead atoms. The molecule has 4 rings (SSSR count). The molecule has 176 valence electrons. The van der Waals surface area contributed by atoms with E-state index in [2.05, 4.69) is 0 Å². The third-order valence-electron chi connectivity index (χ3n) is 5.85. The molecule has 1 amide bonds. The van der Waals surface area contributed by atoms with Gasteiger partial charge in [0.2, 0.25) is 5.91 Å². The average Bonchev–Trinajstić information content (AvgIpc) is 2.83. The molecule has 6 heteroatoms. The Morgan fingerprint density at radius 1 is 1.09 bits per heavy atom. The molecule has 0 saturated heterocycles. The Hall–Kier alpha value is -3.44. The number of methoxy groups -OCH3 is 1. The fraction of sp³-hybridized carbons (Fsp3) is 0.250. The number of fused-ring (bicyclic) bond motifs is 1. The molecule has 5 nitrogen and oxygen atoms in total. The van der Waals surface area contributed by atoms with Gasteiger partial charge in [-0.3, -0.25) is 4.79 Å². The molecule has 3 aromatic rings. The number of carbonyl (C=O) groups is 1. The smallest absolute Gasteiger partial charge is 0.232 e. The topological polar surface area (TPSA) is 59.0 Å². The van der Waals surface area contributed by atoms with Crippen LogP contribution in [0.5, 0.6) is 11.5 Å². The molecule has 0 spiro atoms. The number of anilines is 1. The number of carbonyl (C=O) groups excluding carboxylic acids is 1. The van der Waals surface area contributed by atoms with E-state index in [1.807, 2.05) is 74.5 Å². The number of aliphatic hydroxyl groups is 1. The number of ether oxygens (including phenoxy) is 2. The summed E-state index contributed by atoms with van der Waals surface area (Å²) in [6.45, 7) is 5.70. The summed E-state index contributed by atoms with van der Waals surface area (Å²) in [5.41, 5.74) is 4.23. The van der Waals surface area contributed by atoms with Crippen LogP contribution in [0.3, 0.4) is 0 Å². The Labute approximate surface area is 205 Å². The van der Waals surface area contributed by atoms with Gasteiger partial charge in [0.15, 0.2) is 11.5 Å². The highest BCUT2D eigenvalue weighted by molar-refractivity contribution is 6.30. The molecule has 0 saturated carbocycles. The van der Waals surface area contributed by atoms with Crippen LogP contribution in [0.4, 0.5) is 5.69 Å². The van der Waals surface area contributed by atoms with Crippen molar-refractivity contribution in [3.8, 4) is 11.5 Å². The normalized spacial score (nSPS) is 15.9. The SMILES string of the molecule is C/C=C(/O)c1ccc(N2C(=O)Cc3cc(OC)c(OC(C)C)cc3[C@@H]2c2ccc(Cl)cc2)cc1. The van der Waals surface area contributed by atoms with Crippen molar-refractivity contribution in [1.29, 1.82) is 0 Å². The highest BCUT2D eigenvalue weighted by Gasteiger charge is 2.36. The molecule has 1 aliphatic rings. The first-order chi connectivity index (χ1) is 16.3. The molecule has 0 radical (unpaired) electrons. The standard InChI is InChI=1S/C28H28ClNO4/c1-5-24(31)18-8-12-22(13-9-18)30-27(32)15-20-14-25(33-4)26(34-17(2)3)16-23(20)28(30)19-6-10-21(29)11-7-19/h5-14,16-17,28,31H,15H2,1-4H3/b24-5+/t28-/m0/s1. The van der Waals surface area contributed by atoms with Gasteiger partial charge in [0, 0.05) is 16.3 Å². The molecule has 1 atom stereocenters. The van der Waals surface area contributed by atoms with E-state index >= 15 is 0 Å². The van der Waals surface area contributed by atoms with Crippen LogP contribution in [0, 0.1) is 0 Å². The number of nitrogens with zero attached hydrogens (tertiary/aromatic N) is 1. The van der Waals surface area contributed by atoms with E-state index in [1.54, 1.807) is 25.0 Å². The van der Waals surface area contributed by atoms with Crippen LogP contribution in [0.2, 0.25) is 5.02 Å². The van der Waals surface area contributed by atoms with Crippen LogP contribution in [-0.4, -0.2) is 24.2 Å². The molecule has 34 heavy (non-hydrogen) atoms. The molecule has 1 N–H and O–H groups in total. The Kier molecular flexibility index (Phi) is 6.85. The van der Waals surface area contributed by atoms with E-state index in [0.717, 1.165) is 22.4 Å². The van der Waals surface area contributed by atoms with Gasteiger partial charge in [-0.2, -0.15) is 0 Å². The molecule has 0 aliphatic carbocycles. The summed E-state index contributed by atoms with van der Waals surface area (Å²) in [4.78, 5) is 15.3.